The highest BCUT2D eigenvalue weighted by Crippen LogP contribution is 2.27. The van der Waals surface area contributed by atoms with Crippen molar-refractivity contribution in [2.24, 2.45) is 7.05 Å². The van der Waals surface area contributed by atoms with Crippen LogP contribution in [0.15, 0.2) is 17.6 Å². The summed E-state index contributed by atoms with van der Waals surface area (Å²) in [6.45, 7) is 2.20. The van der Waals surface area contributed by atoms with Gasteiger partial charge in [0.25, 0.3) is 10.0 Å². The second kappa shape index (κ2) is 5.60. The minimum atomic E-state index is -3.55. The van der Waals surface area contributed by atoms with Crippen LogP contribution in [0.5, 0.6) is 0 Å². The van der Waals surface area contributed by atoms with Gasteiger partial charge < -0.3 is 9.67 Å². The molecule has 2 atom stereocenters. The topological polar surface area (TPSA) is 75.4 Å². The Labute approximate surface area is 114 Å². The second-order valence-electron chi connectivity index (χ2n) is 5.23. The van der Waals surface area contributed by atoms with Crippen LogP contribution in [0, 0.1) is 0 Å². The van der Waals surface area contributed by atoms with Gasteiger partial charge in [-0.05, 0) is 26.2 Å². The van der Waals surface area contributed by atoms with Crippen molar-refractivity contribution >= 4 is 10.0 Å². The predicted octanol–water partition coefficient (Wildman–Crippen LogP) is 0.734. The molecule has 0 spiro atoms. The van der Waals surface area contributed by atoms with Crippen molar-refractivity contribution in [2.75, 3.05) is 6.54 Å². The lowest BCUT2D eigenvalue weighted by Crippen LogP contribution is -2.45. The van der Waals surface area contributed by atoms with Crippen LogP contribution in [0.25, 0.3) is 0 Å². The van der Waals surface area contributed by atoms with Crippen LogP contribution in [0.3, 0.4) is 0 Å². The van der Waals surface area contributed by atoms with Gasteiger partial charge >= 0.3 is 0 Å². The summed E-state index contributed by atoms with van der Waals surface area (Å²) in [5, 5.41) is 9.61. The maximum Gasteiger partial charge on any atom is 0.262 e. The fourth-order valence-electron chi connectivity index (χ4n) is 2.56. The summed E-state index contributed by atoms with van der Waals surface area (Å²) < 4.78 is 28.3. The standard InChI is InChI=1S/C12H21N3O3S/c1-10(16)7-11-5-3-4-6-15(11)19(17,18)12-8-14(2)9-13-12/h8-11,16H,3-7H2,1-2H3. The van der Waals surface area contributed by atoms with Gasteiger partial charge in [0.1, 0.15) is 0 Å². The van der Waals surface area contributed by atoms with E-state index in [-0.39, 0.29) is 11.1 Å². The van der Waals surface area contributed by atoms with E-state index in [1.807, 2.05) is 0 Å². The molecule has 1 fully saturated rings. The Balaban J connectivity index is 2.26. The van der Waals surface area contributed by atoms with Gasteiger partial charge in [-0.15, -0.1) is 0 Å². The average Bonchev–Trinajstić information content (AvgIpc) is 2.76. The highest BCUT2D eigenvalue weighted by atomic mass is 32.2. The largest absolute Gasteiger partial charge is 0.393 e. The van der Waals surface area contributed by atoms with E-state index in [9.17, 15) is 13.5 Å². The van der Waals surface area contributed by atoms with Crippen LogP contribution in [0.1, 0.15) is 32.6 Å². The molecular weight excluding hydrogens is 266 g/mol. The summed E-state index contributed by atoms with van der Waals surface area (Å²) in [5.74, 6) is 0. The molecule has 2 heterocycles. The summed E-state index contributed by atoms with van der Waals surface area (Å²) in [4.78, 5) is 3.95. The minimum Gasteiger partial charge on any atom is -0.393 e. The number of aliphatic hydroxyl groups excluding tert-OH is 1. The van der Waals surface area contributed by atoms with Gasteiger partial charge in [-0.25, -0.2) is 13.4 Å². The van der Waals surface area contributed by atoms with Crippen LogP contribution in [-0.4, -0.2) is 46.1 Å². The third kappa shape index (κ3) is 3.16. The first-order valence-electron chi connectivity index (χ1n) is 6.59. The number of aliphatic hydroxyl groups is 1. The third-order valence-corrected chi connectivity index (χ3v) is 5.28. The molecule has 2 unspecified atom stereocenters. The summed E-state index contributed by atoms with van der Waals surface area (Å²) in [5.41, 5.74) is 0. The van der Waals surface area contributed by atoms with Gasteiger partial charge in [0, 0.05) is 25.8 Å². The number of aromatic nitrogens is 2. The Morgan fingerprint density at radius 2 is 2.26 bits per heavy atom. The van der Waals surface area contributed by atoms with Gasteiger partial charge in [-0.3, -0.25) is 0 Å². The molecule has 0 aliphatic carbocycles. The van der Waals surface area contributed by atoms with Crippen LogP contribution in [-0.2, 0) is 17.1 Å². The normalized spacial score (nSPS) is 23.4. The molecule has 6 nitrogen and oxygen atoms in total. The van der Waals surface area contributed by atoms with Crippen molar-refractivity contribution in [1.29, 1.82) is 0 Å². The van der Waals surface area contributed by atoms with Crippen LogP contribution < -0.4 is 0 Å². The number of nitrogens with zero attached hydrogens (tertiary/aromatic N) is 3. The van der Waals surface area contributed by atoms with Gasteiger partial charge in [-0.2, -0.15) is 4.31 Å². The molecule has 108 valence electrons. The molecule has 1 aromatic heterocycles. The maximum absolute atomic E-state index is 12.6. The van der Waals surface area contributed by atoms with Gasteiger partial charge in [0.2, 0.25) is 0 Å². The van der Waals surface area contributed by atoms with Gasteiger partial charge in [-0.1, -0.05) is 6.42 Å². The summed E-state index contributed by atoms with van der Waals surface area (Å²) in [6.07, 6.45) is 5.66. The van der Waals surface area contributed by atoms with E-state index < -0.39 is 16.1 Å². The van der Waals surface area contributed by atoms with E-state index in [4.69, 9.17) is 0 Å². The number of hydrogen-bond donors (Lipinski definition) is 1. The monoisotopic (exact) mass is 287 g/mol. The Kier molecular flexibility index (Phi) is 4.27. The first kappa shape index (κ1) is 14.5. The number of hydrogen-bond acceptors (Lipinski definition) is 4. The average molecular weight is 287 g/mol. The second-order valence-corrected chi connectivity index (χ2v) is 7.06. The smallest absolute Gasteiger partial charge is 0.262 e. The molecule has 0 amide bonds. The maximum atomic E-state index is 12.6. The van der Waals surface area contributed by atoms with Crippen molar-refractivity contribution in [3.63, 3.8) is 0 Å². The van der Waals surface area contributed by atoms with Crippen LogP contribution >= 0.6 is 0 Å². The molecule has 0 aromatic carbocycles. The van der Waals surface area contributed by atoms with Crippen molar-refractivity contribution in [3.05, 3.63) is 12.5 Å². The Morgan fingerprint density at radius 1 is 1.53 bits per heavy atom. The first-order chi connectivity index (χ1) is 8.91. The summed E-state index contributed by atoms with van der Waals surface area (Å²) in [7, 11) is -1.80. The van der Waals surface area contributed by atoms with Crippen LogP contribution in [0.2, 0.25) is 0 Å². The predicted molar refractivity (Wildman–Crippen MR) is 71.0 cm³/mol. The number of piperidine rings is 1. The van der Waals surface area contributed by atoms with E-state index in [0.717, 1.165) is 19.3 Å². The van der Waals surface area contributed by atoms with Gasteiger partial charge in [0.15, 0.2) is 5.03 Å². The molecule has 2 rings (SSSR count). The zero-order valence-electron chi connectivity index (χ0n) is 11.4. The molecule has 0 bridgehead atoms. The molecule has 1 aliphatic rings. The molecule has 19 heavy (non-hydrogen) atoms. The number of aryl methyl sites for hydroxylation is 1. The quantitative estimate of drug-likeness (QED) is 0.886. The zero-order chi connectivity index (χ0) is 14.0. The lowest BCUT2D eigenvalue weighted by Gasteiger charge is -2.34. The summed E-state index contributed by atoms with van der Waals surface area (Å²) in [6, 6.07) is -0.124. The third-order valence-electron chi connectivity index (χ3n) is 3.44. The van der Waals surface area contributed by atoms with E-state index >= 15 is 0 Å². The van der Waals surface area contributed by atoms with E-state index in [1.54, 1.807) is 18.5 Å². The van der Waals surface area contributed by atoms with E-state index in [2.05, 4.69) is 4.98 Å². The molecule has 7 heteroatoms. The molecule has 1 aliphatic heterocycles. The lowest BCUT2D eigenvalue weighted by molar-refractivity contribution is 0.131. The fraction of sp³-hybridized carbons (Fsp3) is 0.750. The van der Waals surface area contributed by atoms with Crippen molar-refractivity contribution in [3.8, 4) is 0 Å². The molecule has 1 aromatic rings. The van der Waals surface area contributed by atoms with E-state index in [0.29, 0.717) is 13.0 Å². The van der Waals surface area contributed by atoms with Gasteiger partial charge in [0.05, 0.1) is 12.4 Å². The van der Waals surface area contributed by atoms with Crippen molar-refractivity contribution in [2.45, 2.75) is 49.8 Å². The number of rotatable bonds is 4. The fourth-order valence-corrected chi connectivity index (χ4v) is 4.24. The Bertz CT molecular complexity index is 524. The highest BCUT2D eigenvalue weighted by molar-refractivity contribution is 7.89. The first-order valence-corrected chi connectivity index (χ1v) is 8.03. The number of sulfonamides is 1. The molecule has 0 radical (unpaired) electrons. The molecule has 1 saturated heterocycles. The molecule has 1 N–H and O–H groups in total. The van der Waals surface area contributed by atoms with Crippen LogP contribution in [0.4, 0.5) is 0 Å². The molecule has 0 saturated carbocycles. The van der Waals surface area contributed by atoms with Crippen molar-refractivity contribution < 1.29 is 13.5 Å². The van der Waals surface area contributed by atoms with E-state index in [1.165, 1.54) is 16.8 Å². The Hall–Kier alpha value is -0.920. The molecular formula is C12H21N3O3S. The highest BCUT2D eigenvalue weighted by Gasteiger charge is 2.35. The van der Waals surface area contributed by atoms with Crippen molar-refractivity contribution in [1.82, 2.24) is 13.9 Å². The SMILES string of the molecule is CC(O)CC1CCCCN1S(=O)(=O)c1cn(C)cn1. The summed E-state index contributed by atoms with van der Waals surface area (Å²) >= 11 is 0. The minimum absolute atomic E-state index is 0.0903. The Morgan fingerprint density at radius 3 is 2.84 bits per heavy atom. The number of imidazole rings is 1. The zero-order valence-corrected chi connectivity index (χ0v) is 12.2. The lowest BCUT2D eigenvalue weighted by atomic mass is 10.00.